The van der Waals surface area contributed by atoms with Gasteiger partial charge in [0.25, 0.3) is 5.69 Å². The maximum absolute atomic E-state index is 11.2. The van der Waals surface area contributed by atoms with Crippen LogP contribution in [0.4, 0.5) is 11.4 Å². The number of anilines is 1. The van der Waals surface area contributed by atoms with Gasteiger partial charge in [-0.15, -0.1) is 0 Å². The third kappa shape index (κ3) is 4.18. The average molecular weight is 419 g/mol. The van der Waals surface area contributed by atoms with E-state index in [-0.39, 0.29) is 16.7 Å². The molecule has 2 aliphatic carbocycles. The zero-order valence-electron chi connectivity index (χ0n) is 17.8. The number of allylic oxidation sites excluding steroid dienone is 2. The van der Waals surface area contributed by atoms with Crippen molar-refractivity contribution in [3.8, 4) is 5.75 Å². The highest BCUT2D eigenvalue weighted by atomic mass is 16.6. The SMILES string of the molecule is O=[N+]([O-])c1cccc(C2Nc3ccc(OCCC4CCCCC4)cc3C3C=CCC32)c1. The van der Waals surface area contributed by atoms with Gasteiger partial charge in [0.15, 0.2) is 0 Å². The average Bonchev–Trinajstić information content (AvgIpc) is 3.30. The van der Waals surface area contributed by atoms with Crippen LogP contribution in [-0.2, 0) is 0 Å². The number of nitro groups is 1. The highest BCUT2D eigenvalue weighted by Crippen LogP contribution is 2.50. The van der Waals surface area contributed by atoms with E-state index in [9.17, 15) is 10.1 Å². The van der Waals surface area contributed by atoms with Gasteiger partial charge in [-0.1, -0.05) is 56.4 Å². The van der Waals surface area contributed by atoms with Gasteiger partial charge in [0.2, 0.25) is 0 Å². The summed E-state index contributed by atoms with van der Waals surface area (Å²) in [4.78, 5) is 10.9. The molecule has 3 unspecified atom stereocenters. The highest BCUT2D eigenvalue weighted by Gasteiger charge is 2.38. The Morgan fingerprint density at radius 3 is 2.81 bits per heavy atom. The number of nitro benzene ring substituents is 1. The number of benzene rings is 2. The quantitative estimate of drug-likeness (QED) is 0.319. The predicted octanol–water partition coefficient (Wildman–Crippen LogP) is 6.77. The number of rotatable bonds is 6. The Morgan fingerprint density at radius 1 is 1.10 bits per heavy atom. The molecule has 2 aromatic rings. The van der Waals surface area contributed by atoms with Crippen LogP contribution in [0.15, 0.2) is 54.6 Å². The minimum atomic E-state index is -0.318. The van der Waals surface area contributed by atoms with Crippen LogP contribution in [0.3, 0.4) is 0 Å². The third-order valence-corrected chi connectivity index (χ3v) is 7.29. The largest absolute Gasteiger partial charge is 0.494 e. The minimum Gasteiger partial charge on any atom is -0.494 e. The van der Waals surface area contributed by atoms with Crippen molar-refractivity contribution in [1.82, 2.24) is 0 Å². The number of ether oxygens (including phenoxy) is 1. The van der Waals surface area contributed by atoms with E-state index >= 15 is 0 Å². The van der Waals surface area contributed by atoms with Gasteiger partial charge in [-0.05, 0) is 54.0 Å². The van der Waals surface area contributed by atoms with Gasteiger partial charge in [0, 0.05) is 23.7 Å². The first-order chi connectivity index (χ1) is 15.2. The van der Waals surface area contributed by atoms with E-state index < -0.39 is 0 Å². The molecule has 2 aromatic carbocycles. The zero-order valence-corrected chi connectivity index (χ0v) is 17.8. The van der Waals surface area contributed by atoms with E-state index in [4.69, 9.17) is 4.74 Å². The second kappa shape index (κ2) is 8.74. The summed E-state index contributed by atoms with van der Waals surface area (Å²) >= 11 is 0. The number of nitrogens with one attached hydrogen (secondary N) is 1. The smallest absolute Gasteiger partial charge is 0.269 e. The van der Waals surface area contributed by atoms with Crippen LogP contribution in [0.2, 0.25) is 0 Å². The van der Waals surface area contributed by atoms with Crippen LogP contribution in [0.25, 0.3) is 0 Å². The van der Waals surface area contributed by atoms with Crippen molar-refractivity contribution in [3.63, 3.8) is 0 Å². The Balaban J connectivity index is 1.33. The first-order valence-electron chi connectivity index (χ1n) is 11.6. The number of nitrogens with zero attached hydrogens (tertiary/aromatic N) is 1. The highest BCUT2D eigenvalue weighted by molar-refractivity contribution is 5.62. The molecule has 0 spiro atoms. The Kier molecular flexibility index (Phi) is 5.66. The molecule has 0 aromatic heterocycles. The van der Waals surface area contributed by atoms with E-state index in [0.717, 1.165) is 42.4 Å². The maximum Gasteiger partial charge on any atom is 0.269 e. The molecule has 5 nitrogen and oxygen atoms in total. The van der Waals surface area contributed by atoms with Crippen molar-refractivity contribution in [2.24, 2.45) is 11.8 Å². The molecule has 0 radical (unpaired) electrons. The lowest BCUT2D eigenvalue weighted by Crippen LogP contribution is -2.29. The zero-order chi connectivity index (χ0) is 21.2. The molecule has 0 saturated heterocycles. The molecule has 0 amide bonds. The first-order valence-corrected chi connectivity index (χ1v) is 11.6. The normalized spacial score (nSPS) is 24.8. The number of non-ortho nitro benzene ring substituents is 1. The molecule has 0 bridgehead atoms. The van der Waals surface area contributed by atoms with E-state index in [0.29, 0.717) is 11.8 Å². The summed E-state index contributed by atoms with van der Waals surface area (Å²) in [6, 6.07) is 13.5. The van der Waals surface area contributed by atoms with Gasteiger partial charge >= 0.3 is 0 Å². The monoisotopic (exact) mass is 418 g/mol. The van der Waals surface area contributed by atoms with Crippen molar-refractivity contribution in [1.29, 1.82) is 0 Å². The summed E-state index contributed by atoms with van der Waals surface area (Å²) in [6.45, 7) is 0.789. The van der Waals surface area contributed by atoms with Gasteiger partial charge in [0.05, 0.1) is 17.6 Å². The van der Waals surface area contributed by atoms with Crippen molar-refractivity contribution in [2.75, 3.05) is 11.9 Å². The maximum atomic E-state index is 11.2. The molecular weight excluding hydrogens is 388 g/mol. The van der Waals surface area contributed by atoms with Crippen molar-refractivity contribution in [2.45, 2.75) is 56.9 Å². The Bertz CT molecular complexity index is 980. The molecule has 31 heavy (non-hydrogen) atoms. The fraction of sp³-hybridized carbons (Fsp3) is 0.462. The Labute approximate surface area is 183 Å². The van der Waals surface area contributed by atoms with Crippen molar-refractivity contribution >= 4 is 11.4 Å². The molecule has 1 N–H and O–H groups in total. The summed E-state index contributed by atoms with van der Waals surface area (Å²) in [6.07, 6.45) is 13.5. The lowest BCUT2D eigenvalue weighted by atomic mass is 9.77. The lowest BCUT2D eigenvalue weighted by Gasteiger charge is -2.37. The topological polar surface area (TPSA) is 64.4 Å². The van der Waals surface area contributed by atoms with Gasteiger partial charge in [-0.2, -0.15) is 0 Å². The van der Waals surface area contributed by atoms with Crippen LogP contribution < -0.4 is 10.1 Å². The lowest BCUT2D eigenvalue weighted by molar-refractivity contribution is -0.384. The molecule has 3 aliphatic rings. The summed E-state index contributed by atoms with van der Waals surface area (Å²) < 4.78 is 6.15. The molecule has 1 heterocycles. The molecule has 1 fully saturated rings. The van der Waals surface area contributed by atoms with Gasteiger partial charge in [-0.3, -0.25) is 10.1 Å². The molecule has 162 valence electrons. The van der Waals surface area contributed by atoms with E-state index in [1.54, 1.807) is 18.2 Å². The molecule has 1 aliphatic heterocycles. The summed E-state index contributed by atoms with van der Waals surface area (Å²) in [5, 5.41) is 14.9. The predicted molar refractivity (Wildman–Crippen MR) is 123 cm³/mol. The Morgan fingerprint density at radius 2 is 1.97 bits per heavy atom. The standard InChI is InChI=1S/C26H30N2O3/c29-28(30)20-9-4-8-19(16-20)26-23-11-5-10-22(23)24-17-21(12-13-25(24)27-26)31-15-14-18-6-2-1-3-7-18/h4-5,8-10,12-13,16-18,22-23,26-27H,1-3,6-7,11,14-15H2. The van der Waals surface area contributed by atoms with Crippen LogP contribution in [0.1, 0.15) is 68.0 Å². The van der Waals surface area contributed by atoms with E-state index in [2.05, 4.69) is 35.7 Å². The summed E-state index contributed by atoms with van der Waals surface area (Å²) in [7, 11) is 0. The Hall–Kier alpha value is -2.82. The number of hydrogen-bond donors (Lipinski definition) is 1. The van der Waals surface area contributed by atoms with Crippen LogP contribution in [-0.4, -0.2) is 11.5 Å². The van der Waals surface area contributed by atoms with E-state index in [1.165, 1.54) is 37.7 Å². The second-order valence-electron chi connectivity index (χ2n) is 9.22. The van der Waals surface area contributed by atoms with Crippen LogP contribution >= 0.6 is 0 Å². The van der Waals surface area contributed by atoms with Gasteiger partial charge in [0.1, 0.15) is 5.75 Å². The fourth-order valence-corrected chi connectivity index (χ4v) is 5.64. The molecule has 1 saturated carbocycles. The van der Waals surface area contributed by atoms with Crippen LogP contribution in [0, 0.1) is 22.0 Å². The molecule has 3 atom stereocenters. The van der Waals surface area contributed by atoms with Gasteiger partial charge < -0.3 is 10.1 Å². The van der Waals surface area contributed by atoms with Crippen molar-refractivity contribution < 1.29 is 9.66 Å². The minimum absolute atomic E-state index is 0.0606. The summed E-state index contributed by atoms with van der Waals surface area (Å²) in [5.41, 5.74) is 3.50. The number of fused-ring (bicyclic) bond motifs is 3. The molecular formula is C26H30N2O3. The first kappa shape index (κ1) is 20.1. The van der Waals surface area contributed by atoms with E-state index in [1.807, 2.05) is 6.07 Å². The fourth-order valence-electron chi connectivity index (χ4n) is 5.64. The second-order valence-corrected chi connectivity index (χ2v) is 9.22. The molecule has 5 rings (SSSR count). The van der Waals surface area contributed by atoms with Crippen LogP contribution in [0.5, 0.6) is 5.75 Å². The number of hydrogen-bond acceptors (Lipinski definition) is 4. The van der Waals surface area contributed by atoms with Crippen molar-refractivity contribution in [3.05, 3.63) is 75.9 Å². The summed E-state index contributed by atoms with van der Waals surface area (Å²) in [5.74, 6) is 2.43. The molecule has 5 heteroatoms. The third-order valence-electron chi connectivity index (χ3n) is 7.29. The van der Waals surface area contributed by atoms with Gasteiger partial charge in [-0.25, -0.2) is 0 Å².